The molecule has 2 saturated heterocycles. The van der Waals surface area contributed by atoms with Gasteiger partial charge in [-0.15, -0.1) is 0 Å². The summed E-state index contributed by atoms with van der Waals surface area (Å²) < 4.78 is 0. The summed E-state index contributed by atoms with van der Waals surface area (Å²) in [5.41, 5.74) is 1.88. The molecule has 0 N–H and O–H groups in total. The summed E-state index contributed by atoms with van der Waals surface area (Å²) in [6.07, 6.45) is 7.06. The van der Waals surface area contributed by atoms with Gasteiger partial charge in [-0.1, -0.05) is 12.1 Å². The molecule has 1 aromatic heterocycles. The molecule has 2 aliphatic rings. The van der Waals surface area contributed by atoms with Crippen molar-refractivity contribution in [2.45, 2.75) is 32.1 Å². The van der Waals surface area contributed by atoms with E-state index >= 15 is 0 Å². The summed E-state index contributed by atoms with van der Waals surface area (Å²) in [5, 5.41) is 0. The number of hydrogen-bond acceptors (Lipinski definition) is 4. The Hall–Kier alpha value is -2.17. The number of carbonyl (C=O) groups is 1. The lowest BCUT2D eigenvalue weighted by atomic mass is 9.93. The average molecular weight is 324 g/mol. The molecule has 0 unspecified atom stereocenters. The summed E-state index contributed by atoms with van der Waals surface area (Å²) in [7, 11) is 0. The molecule has 0 aliphatic carbocycles. The molecule has 0 spiro atoms. The first kappa shape index (κ1) is 15.4. The predicted octanol–water partition coefficient (Wildman–Crippen LogP) is 2.86. The Labute approximate surface area is 142 Å². The van der Waals surface area contributed by atoms with E-state index < -0.39 is 0 Å². The Morgan fingerprint density at radius 1 is 1.04 bits per heavy atom. The van der Waals surface area contributed by atoms with E-state index in [2.05, 4.69) is 9.88 Å². The van der Waals surface area contributed by atoms with Crippen molar-refractivity contribution < 1.29 is 4.79 Å². The van der Waals surface area contributed by atoms with Gasteiger partial charge >= 0.3 is 0 Å². The van der Waals surface area contributed by atoms with E-state index in [1.54, 1.807) is 0 Å². The fourth-order valence-electron chi connectivity index (χ4n) is 3.81. The number of carbonyl (C=O) groups excluding carboxylic acids is 1. The molecule has 126 valence electrons. The van der Waals surface area contributed by atoms with Crippen LogP contribution in [0.15, 0.2) is 30.5 Å². The topological polar surface area (TPSA) is 49.3 Å². The van der Waals surface area contributed by atoms with Crippen LogP contribution in [0.4, 0.5) is 5.82 Å². The Morgan fingerprint density at radius 3 is 2.50 bits per heavy atom. The van der Waals surface area contributed by atoms with Crippen LogP contribution in [0.2, 0.25) is 0 Å². The van der Waals surface area contributed by atoms with E-state index in [-0.39, 0.29) is 0 Å². The van der Waals surface area contributed by atoms with Gasteiger partial charge < -0.3 is 9.80 Å². The van der Waals surface area contributed by atoms with Crippen LogP contribution in [0.5, 0.6) is 0 Å². The molecule has 0 atom stereocenters. The zero-order valence-electron chi connectivity index (χ0n) is 14.0. The minimum atomic E-state index is 0.358. The smallest absolute Gasteiger partial charge is 0.222 e. The lowest BCUT2D eigenvalue weighted by Crippen LogP contribution is -2.37. The average Bonchev–Trinajstić information content (AvgIpc) is 3.17. The van der Waals surface area contributed by atoms with Crippen LogP contribution in [-0.4, -0.2) is 47.0 Å². The molecule has 3 heterocycles. The number of hydrogen-bond donors (Lipinski definition) is 0. The first-order chi connectivity index (χ1) is 11.8. The van der Waals surface area contributed by atoms with Gasteiger partial charge in [-0.05, 0) is 43.7 Å². The van der Waals surface area contributed by atoms with Crippen molar-refractivity contribution in [3.63, 3.8) is 0 Å². The van der Waals surface area contributed by atoms with Crippen molar-refractivity contribution in [2.24, 2.45) is 5.92 Å². The van der Waals surface area contributed by atoms with E-state index in [9.17, 15) is 4.79 Å². The molecule has 1 amide bonds. The highest BCUT2D eigenvalue weighted by Gasteiger charge is 2.25. The molecule has 1 aromatic carbocycles. The Morgan fingerprint density at radius 2 is 1.75 bits per heavy atom. The molecule has 0 radical (unpaired) electrons. The zero-order chi connectivity index (χ0) is 16.4. The number of fused-ring (bicyclic) bond motifs is 1. The quantitative estimate of drug-likeness (QED) is 0.871. The summed E-state index contributed by atoms with van der Waals surface area (Å²) in [4.78, 5) is 25.9. The highest BCUT2D eigenvalue weighted by Crippen LogP contribution is 2.26. The summed E-state index contributed by atoms with van der Waals surface area (Å²) in [6.45, 7) is 3.85. The van der Waals surface area contributed by atoms with E-state index in [1.165, 1.54) is 12.8 Å². The SMILES string of the molecule is O=C(CC1CCN(c2cnc3ccccc3n2)CC1)N1CCCC1. The molecule has 5 nitrogen and oxygen atoms in total. The number of nitrogens with zero attached hydrogens (tertiary/aromatic N) is 4. The number of aromatic nitrogens is 2. The van der Waals surface area contributed by atoms with Crippen LogP contribution in [0.3, 0.4) is 0 Å². The highest BCUT2D eigenvalue weighted by atomic mass is 16.2. The summed E-state index contributed by atoms with van der Waals surface area (Å²) >= 11 is 0. The van der Waals surface area contributed by atoms with Crippen molar-refractivity contribution in [2.75, 3.05) is 31.1 Å². The first-order valence-electron chi connectivity index (χ1n) is 9.04. The molecule has 4 rings (SSSR count). The second-order valence-electron chi connectivity index (χ2n) is 6.94. The molecule has 2 aromatic rings. The third kappa shape index (κ3) is 3.21. The first-order valence-corrected chi connectivity index (χ1v) is 9.04. The minimum absolute atomic E-state index is 0.358. The van der Waals surface area contributed by atoms with E-state index in [0.29, 0.717) is 11.8 Å². The fraction of sp³-hybridized carbons (Fsp3) is 0.526. The molecule has 2 aliphatic heterocycles. The second-order valence-corrected chi connectivity index (χ2v) is 6.94. The van der Waals surface area contributed by atoms with Gasteiger partial charge in [0.15, 0.2) is 0 Å². The van der Waals surface area contributed by atoms with E-state index in [0.717, 1.165) is 62.3 Å². The van der Waals surface area contributed by atoms with Crippen LogP contribution in [-0.2, 0) is 4.79 Å². The maximum absolute atomic E-state index is 12.3. The van der Waals surface area contributed by atoms with Crippen molar-refractivity contribution in [1.82, 2.24) is 14.9 Å². The third-order valence-electron chi connectivity index (χ3n) is 5.30. The van der Waals surface area contributed by atoms with E-state index in [4.69, 9.17) is 4.98 Å². The standard InChI is InChI=1S/C19H24N4O/c24-19(23-9-3-4-10-23)13-15-7-11-22(12-8-15)18-14-20-16-5-1-2-6-17(16)21-18/h1-2,5-6,14-15H,3-4,7-13H2. The Balaban J connectivity index is 1.35. The Bertz CT molecular complexity index is 718. The molecule has 0 saturated carbocycles. The van der Waals surface area contributed by atoms with Crippen LogP contribution < -0.4 is 4.90 Å². The van der Waals surface area contributed by atoms with Gasteiger partial charge in [0.1, 0.15) is 5.82 Å². The second kappa shape index (κ2) is 6.75. The van der Waals surface area contributed by atoms with Gasteiger partial charge in [-0.2, -0.15) is 0 Å². The van der Waals surface area contributed by atoms with Crippen LogP contribution >= 0.6 is 0 Å². The van der Waals surface area contributed by atoms with Gasteiger partial charge in [-0.3, -0.25) is 9.78 Å². The van der Waals surface area contributed by atoms with Crippen molar-refractivity contribution in [3.05, 3.63) is 30.5 Å². The number of anilines is 1. The molecule has 5 heteroatoms. The normalized spacial score (nSPS) is 19.2. The molecular formula is C19H24N4O. The number of para-hydroxylation sites is 2. The summed E-state index contributed by atoms with van der Waals surface area (Å²) in [6, 6.07) is 7.98. The van der Waals surface area contributed by atoms with Gasteiger partial charge in [0.25, 0.3) is 0 Å². The number of piperidine rings is 1. The van der Waals surface area contributed by atoms with Crippen molar-refractivity contribution >= 4 is 22.8 Å². The van der Waals surface area contributed by atoms with Crippen molar-refractivity contribution in [3.8, 4) is 0 Å². The largest absolute Gasteiger partial charge is 0.355 e. The molecule has 24 heavy (non-hydrogen) atoms. The summed E-state index contributed by atoms with van der Waals surface area (Å²) in [5.74, 6) is 1.83. The lowest BCUT2D eigenvalue weighted by molar-refractivity contribution is -0.131. The van der Waals surface area contributed by atoms with Gasteiger partial charge in [-0.25, -0.2) is 4.98 Å². The van der Waals surface area contributed by atoms with Gasteiger partial charge in [0.2, 0.25) is 5.91 Å². The zero-order valence-corrected chi connectivity index (χ0v) is 14.0. The van der Waals surface area contributed by atoms with Crippen molar-refractivity contribution in [1.29, 1.82) is 0 Å². The predicted molar refractivity (Wildman–Crippen MR) is 94.9 cm³/mol. The molecular weight excluding hydrogens is 300 g/mol. The molecule has 0 bridgehead atoms. The van der Waals surface area contributed by atoms with Gasteiger partial charge in [0.05, 0.1) is 17.2 Å². The maximum atomic E-state index is 12.3. The lowest BCUT2D eigenvalue weighted by Gasteiger charge is -2.33. The minimum Gasteiger partial charge on any atom is -0.355 e. The van der Waals surface area contributed by atoms with Crippen LogP contribution in [0, 0.1) is 5.92 Å². The monoisotopic (exact) mass is 324 g/mol. The highest BCUT2D eigenvalue weighted by molar-refractivity contribution is 5.77. The van der Waals surface area contributed by atoms with Gasteiger partial charge in [0, 0.05) is 32.6 Å². The fourth-order valence-corrected chi connectivity index (χ4v) is 3.81. The maximum Gasteiger partial charge on any atom is 0.222 e. The Kier molecular flexibility index (Phi) is 4.32. The van der Waals surface area contributed by atoms with E-state index in [1.807, 2.05) is 35.4 Å². The number of rotatable bonds is 3. The van der Waals surface area contributed by atoms with Crippen LogP contribution in [0.25, 0.3) is 11.0 Å². The number of benzene rings is 1. The third-order valence-corrected chi connectivity index (χ3v) is 5.30. The molecule has 2 fully saturated rings. The van der Waals surface area contributed by atoms with Crippen LogP contribution in [0.1, 0.15) is 32.1 Å². The number of likely N-dealkylation sites (tertiary alicyclic amines) is 1. The number of amides is 1.